The van der Waals surface area contributed by atoms with Gasteiger partial charge in [0.25, 0.3) is 0 Å². The Hall–Kier alpha value is -2.40. The van der Waals surface area contributed by atoms with Gasteiger partial charge in [-0.1, -0.05) is 30.3 Å². The van der Waals surface area contributed by atoms with E-state index in [9.17, 15) is 4.79 Å². The van der Waals surface area contributed by atoms with E-state index < -0.39 is 0 Å². The van der Waals surface area contributed by atoms with Gasteiger partial charge in [-0.15, -0.1) is 11.3 Å². The van der Waals surface area contributed by atoms with Crippen LogP contribution in [0.15, 0.2) is 42.6 Å². The number of fused-ring (bicyclic) bond motifs is 1. The number of nitrogens with two attached hydrogens (primary N) is 1. The molecule has 22 heavy (non-hydrogen) atoms. The van der Waals surface area contributed by atoms with Crippen LogP contribution in [0.25, 0.3) is 10.2 Å². The zero-order valence-electron chi connectivity index (χ0n) is 12.3. The predicted molar refractivity (Wildman–Crippen MR) is 92.7 cm³/mol. The van der Waals surface area contributed by atoms with Crippen molar-refractivity contribution in [3.63, 3.8) is 0 Å². The zero-order valence-corrected chi connectivity index (χ0v) is 13.1. The summed E-state index contributed by atoms with van der Waals surface area (Å²) in [4.78, 5) is 18.3. The molecule has 1 aromatic carbocycles. The molecule has 0 fully saturated rings. The van der Waals surface area contributed by atoms with Crippen LogP contribution >= 0.6 is 11.3 Å². The van der Waals surface area contributed by atoms with Gasteiger partial charge in [-0.2, -0.15) is 0 Å². The summed E-state index contributed by atoms with van der Waals surface area (Å²) in [6.07, 6.45) is 2.09. The van der Waals surface area contributed by atoms with Crippen LogP contribution in [0.1, 0.15) is 22.2 Å². The molecule has 5 heteroatoms. The van der Waals surface area contributed by atoms with Crippen LogP contribution in [-0.2, 0) is 6.42 Å². The van der Waals surface area contributed by atoms with Crippen LogP contribution in [0.5, 0.6) is 0 Å². The molecule has 3 aromatic rings. The average molecular weight is 311 g/mol. The van der Waals surface area contributed by atoms with Crippen LogP contribution < -0.4 is 11.1 Å². The van der Waals surface area contributed by atoms with E-state index >= 15 is 0 Å². The maximum absolute atomic E-state index is 12.6. The van der Waals surface area contributed by atoms with Crippen molar-refractivity contribution < 1.29 is 4.79 Å². The fourth-order valence-electron chi connectivity index (χ4n) is 2.45. The number of carbonyl (C=O) groups is 1. The molecule has 0 unspecified atom stereocenters. The van der Waals surface area contributed by atoms with Gasteiger partial charge in [0.1, 0.15) is 4.83 Å². The molecule has 0 saturated carbocycles. The lowest BCUT2D eigenvalue weighted by Crippen LogP contribution is -2.04. The van der Waals surface area contributed by atoms with E-state index in [2.05, 4.69) is 10.3 Å². The van der Waals surface area contributed by atoms with E-state index in [0.717, 1.165) is 28.0 Å². The van der Waals surface area contributed by atoms with Gasteiger partial charge >= 0.3 is 0 Å². The zero-order chi connectivity index (χ0) is 15.5. The molecular weight excluding hydrogens is 294 g/mol. The van der Waals surface area contributed by atoms with Crippen LogP contribution in [-0.4, -0.2) is 17.3 Å². The molecule has 3 N–H and O–H groups in total. The molecule has 0 amide bonds. The Bertz CT molecular complexity index is 811. The van der Waals surface area contributed by atoms with Crippen molar-refractivity contribution in [2.45, 2.75) is 13.3 Å². The lowest BCUT2D eigenvalue weighted by Gasteiger charge is -2.05. The van der Waals surface area contributed by atoms with E-state index in [1.165, 1.54) is 11.3 Å². The first-order chi connectivity index (χ1) is 10.7. The standard InChI is InChI=1S/C17H17N3OS/c1-2-19-12-8-9-20-17-14(12)15(18)16(22-17)13(21)10-11-6-4-3-5-7-11/h3-9H,2,10,18H2,1H3,(H,19,20). The van der Waals surface area contributed by atoms with Gasteiger partial charge in [0.2, 0.25) is 0 Å². The van der Waals surface area contributed by atoms with E-state index in [4.69, 9.17) is 5.73 Å². The molecule has 0 spiro atoms. The van der Waals surface area contributed by atoms with Crippen molar-refractivity contribution >= 4 is 38.7 Å². The summed E-state index contributed by atoms with van der Waals surface area (Å²) in [7, 11) is 0. The smallest absolute Gasteiger partial charge is 0.179 e. The summed E-state index contributed by atoms with van der Waals surface area (Å²) in [5, 5.41) is 4.12. The van der Waals surface area contributed by atoms with Gasteiger partial charge in [0, 0.05) is 24.8 Å². The van der Waals surface area contributed by atoms with Crippen molar-refractivity contribution in [1.29, 1.82) is 0 Å². The monoisotopic (exact) mass is 311 g/mol. The fourth-order valence-corrected chi connectivity index (χ4v) is 3.48. The van der Waals surface area contributed by atoms with Crippen molar-refractivity contribution in [2.75, 3.05) is 17.6 Å². The van der Waals surface area contributed by atoms with E-state index in [1.54, 1.807) is 6.20 Å². The minimum absolute atomic E-state index is 0.0362. The van der Waals surface area contributed by atoms with Crippen LogP contribution in [0.3, 0.4) is 0 Å². The highest BCUT2D eigenvalue weighted by Gasteiger charge is 2.19. The Morgan fingerprint density at radius 1 is 1.27 bits per heavy atom. The summed E-state index contributed by atoms with van der Waals surface area (Å²) in [6.45, 7) is 2.82. The van der Waals surface area contributed by atoms with E-state index in [-0.39, 0.29) is 5.78 Å². The highest BCUT2D eigenvalue weighted by molar-refractivity contribution is 7.21. The van der Waals surface area contributed by atoms with Gasteiger partial charge in [-0.3, -0.25) is 4.79 Å². The van der Waals surface area contributed by atoms with Crippen molar-refractivity contribution in [3.8, 4) is 0 Å². The third-order valence-electron chi connectivity index (χ3n) is 3.46. The molecule has 0 radical (unpaired) electrons. The topological polar surface area (TPSA) is 68.0 Å². The van der Waals surface area contributed by atoms with Crippen LogP contribution in [0.2, 0.25) is 0 Å². The molecule has 0 aliphatic rings. The van der Waals surface area contributed by atoms with E-state index in [1.807, 2.05) is 43.3 Å². The van der Waals surface area contributed by atoms with Crippen molar-refractivity contribution in [3.05, 3.63) is 53.0 Å². The molecule has 4 nitrogen and oxygen atoms in total. The molecule has 0 saturated heterocycles. The van der Waals surface area contributed by atoms with E-state index in [0.29, 0.717) is 17.0 Å². The molecule has 112 valence electrons. The minimum atomic E-state index is 0.0362. The number of anilines is 2. The maximum Gasteiger partial charge on any atom is 0.179 e. The number of aromatic nitrogens is 1. The molecule has 0 aliphatic carbocycles. The third kappa shape index (κ3) is 2.67. The number of nitrogens with one attached hydrogen (secondary N) is 1. The second-order valence-electron chi connectivity index (χ2n) is 5.00. The lowest BCUT2D eigenvalue weighted by molar-refractivity contribution is 0.0997. The highest BCUT2D eigenvalue weighted by atomic mass is 32.1. The van der Waals surface area contributed by atoms with Gasteiger partial charge in [0.15, 0.2) is 5.78 Å². The molecule has 0 bridgehead atoms. The first-order valence-corrected chi connectivity index (χ1v) is 8.00. The lowest BCUT2D eigenvalue weighted by atomic mass is 10.1. The first-order valence-electron chi connectivity index (χ1n) is 7.18. The Morgan fingerprint density at radius 3 is 2.77 bits per heavy atom. The molecular formula is C17H17N3OS. The number of hydrogen-bond acceptors (Lipinski definition) is 5. The molecule has 0 aliphatic heterocycles. The molecule has 3 rings (SSSR count). The second kappa shape index (κ2) is 6.15. The Labute approximate surface area is 133 Å². The number of hydrogen-bond donors (Lipinski definition) is 2. The Kier molecular flexibility index (Phi) is 4.06. The minimum Gasteiger partial charge on any atom is -0.397 e. The van der Waals surface area contributed by atoms with Crippen LogP contribution in [0.4, 0.5) is 11.4 Å². The second-order valence-corrected chi connectivity index (χ2v) is 6.00. The highest BCUT2D eigenvalue weighted by Crippen LogP contribution is 2.37. The van der Waals surface area contributed by atoms with Gasteiger partial charge in [0.05, 0.1) is 16.0 Å². The molecule has 0 atom stereocenters. The number of nitrogen functional groups attached to an aromatic ring is 1. The number of benzene rings is 1. The number of pyridine rings is 1. The van der Waals surface area contributed by atoms with Gasteiger partial charge in [-0.05, 0) is 18.6 Å². The number of carbonyl (C=O) groups excluding carboxylic acids is 1. The summed E-state index contributed by atoms with van der Waals surface area (Å²) in [6, 6.07) is 11.6. The van der Waals surface area contributed by atoms with Gasteiger partial charge in [-0.25, -0.2) is 4.98 Å². The maximum atomic E-state index is 12.6. The normalized spacial score (nSPS) is 10.8. The fraction of sp³-hybridized carbons (Fsp3) is 0.176. The number of thiophene rings is 1. The number of Topliss-reactive ketones (excluding diaryl/α,β-unsaturated/α-hetero) is 1. The Morgan fingerprint density at radius 2 is 2.05 bits per heavy atom. The molecule has 2 aromatic heterocycles. The summed E-state index contributed by atoms with van der Waals surface area (Å²) in [5.41, 5.74) is 8.69. The Balaban J connectivity index is 1.99. The van der Waals surface area contributed by atoms with Crippen LogP contribution in [0, 0.1) is 0 Å². The largest absolute Gasteiger partial charge is 0.397 e. The summed E-state index contributed by atoms with van der Waals surface area (Å²) >= 11 is 1.37. The van der Waals surface area contributed by atoms with Gasteiger partial charge < -0.3 is 11.1 Å². The SMILES string of the molecule is CCNc1ccnc2sc(C(=O)Cc3ccccc3)c(N)c12. The quantitative estimate of drug-likeness (QED) is 0.704. The average Bonchev–Trinajstić information content (AvgIpc) is 2.87. The van der Waals surface area contributed by atoms with Crippen molar-refractivity contribution in [1.82, 2.24) is 4.98 Å². The third-order valence-corrected chi connectivity index (χ3v) is 4.61. The number of rotatable bonds is 5. The summed E-state index contributed by atoms with van der Waals surface area (Å²) < 4.78 is 0. The first kappa shape index (κ1) is 14.5. The predicted octanol–water partition coefficient (Wildman–Crippen LogP) is 3.74. The number of nitrogens with zero attached hydrogens (tertiary/aromatic N) is 1. The summed E-state index contributed by atoms with van der Waals surface area (Å²) in [5.74, 6) is 0.0362. The molecule has 2 heterocycles. The number of ketones is 1. The van der Waals surface area contributed by atoms with Crippen molar-refractivity contribution in [2.24, 2.45) is 0 Å².